The van der Waals surface area contributed by atoms with Crippen molar-refractivity contribution in [3.8, 4) is 0 Å². The number of nitrogens with one attached hydrogen (secondary N) is 9. The Morgan fingerprint density at radius 3 is 1.11 bits per heavy atom. The van der Waals surface area contributed by atoms with Crippen molar-refractivity contribution in [1.82, 2.24) is 94.7 Å². The number of aromatic nitrogens is 15. The lowest BCUT2D eigenvalue weighted by atomic mass is 10.1. The Kier molecular flexibility index (Phi) is 24.0. The number of carbonyl (C=O) groups excluding carboxylic acids is 1. The van der Waals surface area contributed by atoms with Crippen molar-refractivity contribution in [2.45, 2.75) is 106 Å². The topological polar surface area (TPSA) is 376 Å². The molecule has 0 radical (unpaired) electrons. The summed E-state index contributed by atoms with van der Waals surface area (Å²) < 4.78 is 36.0. The number of pyridine rings is 5. The third-order valence-electron chi connectivity index (χ3n) is 21.0. The van der Waals surface area contributed by atoms with Crippen molar-refractivity contribution >= 4 is 131 Å². The summed E-state index contributed by atoms with van der Waals surface area (Å²) in [6.45, 7) is 14.0. The summed E-state index contributed by atoms with van der Waals surface area (Å²) in [6, 6.07) is 57.6. The molecule has 10 N–H and O–H groups in total. The molecule has 116 heavy (non-hydrogen) atoms. The number of nitrogens with zero attached hydrogens (tertiary/aromatic N) is 11. The van der Waals surface area contributed by atoms with Gasteiger partial charge in [0.2, 0.25) is 10.0 Å². The van der Waals surface area contributed by atoms with E-state index in [1.54, 1.807) is 46.4 Å². The van der Waals surface area contributed by atoms with Gasteiger partial charge in [-0.1, -0.05) is 152 Å². The van der Waals surface area contributed by atoms with E-state index in [-0.39, 0.29) is 58.8 Å². The predicted molar refractivity (Wildman–Crippen MR) is 459 cm³/mol. The van der Waals surface area contributed by atoms with E-state index < -0.39 is 10.0 Å². The molecule has 10 heterocycles. The Hall–Kier alpha value is -13.2. The maximum atomic E-state index is 13.0. The second kappa shape index (κ2) is 35.1. The van der Waals surface area contributed by atoms with Gasteiger partial charge in [-0.3, -0.25) is 54.2 Å². The van der Waals surface area contributed by atoms with Crippen molar-refractivity contribution < 1.29 is 18.3 Å². The first-order valence-electron chi connectivity index (χ1n) is 38.6. The van der Waals surface area contributed by atoms with Gasteiger partial charge in [0.05, 0.1) is 66.9 Å². The first-order valence-corrected chi connectivity index (χ1v) is 40.3. The Bertz CT molecular complexity index is 6910. The van der Waals surface area contributed by atoms with Gasteiger partial charge in [-0.25, -0.2) is 13.2 Å². The van der Waals surface area contributed by atoms with E-state index in [9.17, 15) is 37.2 Å². The number of H-pyrrole nitrogens is 5. The number of sulfonamides is 1. The van der Waals surface area contributed by atoms with Crippen molar-refractivity contribution in [3.05, 3.63) is 268 Å². The molecule has 29 nitrogen and oxygen atoms in total. The number of amides is 2. The quantitative estimate of drug-likeness (QED) is 0.0336. The van der Waals surface area contributed by atoms with Crippen LogP contribution in [-0.2, 0) is 49.3 Å². The van der Waals surface area contributed by atoms with Gasteiger partial charge in [0.15, 0.2) is 0 Å². The molecule has 0 spiro atoms. The summed E-state index contributed by atoms with van der Waals surface area (Å²) in [5.74, 6) is -0.214. The van der Waals surface area contributed by atoms with Crippen LogP contribution >= 0.6 is 0 Å². The smallest absolute Gasteiger partial charge is 0.315 e. The molecule has 30 heteroatoms. The Morgan fingerprint density at radius 1 is 0.431 bits per heavy atom. The number of benzene rings is 7. The molecule has 17 aromatic rings. The van der Waals surface area contributed by atoms with Crippen LogP contribution in [0.3, 0.4) is 0 Å². The normalized spacial score (nSPS) is 12.4. The van der Waals surface area contributed by atoms with E-state index in [0.29, 0.717) is 93.1 Å². The Balaban J connectivity index is 0.000000120. The lowest BCUT2D eigenvalue weighted by Crippen LogP contribution is -2.42. The Morgan fingerprint density at radius 2 is 0.750 bits per heavy atom. The van der Waals surface area contributed by atoms with Gasteiger partial charge in [0, 0.05) is 126 Å². The molecule has 1 aliphatic rings. The fourth-order valence-electron chi connectivity index (χ4n) is 15.3. The lowest BCUT2D eigenvalue weighted by molar-refractivity contribution is 0.236. The molecule has 0 atom stereocenters. The molecule has 1 fully saturated rings. The summed E-state index contributed by atoms with van der Waals surface area (Å²) in [4.78, 5) is 78.1. The Labute approximate surface area is 664 Å². The minimum atomic E-state index is -3.60. The van der Waals surface area contributed by atoms with Crippen LogP contribution in [0.25, 0.3) is 109 Å². The van der Waals surface area contributed by atoms with Crippen molar-refractivity contribution in [1.29, 1.82) is 0 Å². The van der Waals surface area contributed by atoms with E-state index in [1.165, 1.54) is 23.0 Å². The number of hydrogen-bond donors (Lipinski definition) is 10. The molecule has 7 aromatic carbocycles. The highest BCUT2D eigenvalue weighted by Gasteiger charge is 2.23. The van der Waals surface area contributed by atoms with Crippen molar-refractivity contribution in [2.24, 2.45) is 0 Å². The molecule has 0 bridgehead atoms. The van der Waals surface area contributed by atoms with Gasteiger partial charge in [0.25, 0.3) is 27.8 Å². The molecule has 10 aromatic heterocycles. The van der Waals surface area contributed by atoms with Gasteiger partial charge in [-0.2, -0.15) is 25.5 Å². The van der Waals surface area contributed by atoms with Crippen LogP contribution in [0.2, 0.25) is 0 Å². The minimum Gasteiger partial charge on any atom is -0.395 e. The van der Waals surface area contributed by atoms with Gasteiger partial charge in [-0.05, 0) is 110 Å². The molecule has 2 amide bonds. The second-order valence-corrected chi connectivity index (χ2v) is 30.9. The molecule has 596 valence electrons. The maximum Gasteiger partial charge on any atom is 0.315 e. The van der Waals surface area contributed by atoms with E-state index in [4.69, 9.17) is 5.11 Å². The van der Waals surface area contributed by atoms with Gasteiger partial charge in [0.1, 0.15) is 27.6 Å². The highest BCUT2D eigenvalue weighted by Crippen LogP contribution is 2.29. The van der Waals surface area contributed by atoms with Crippen molar-refractivity contribution in [3.63, 3.8) is 0 Å². The monoisotopic (exact) mass is 1580 g/mol. The van der Waals surface area contributed by atoms with Crippen LogP contribution in [-0.4, -0.2) is 150 Å². The molecule has 1 aliphatic carbocycles. The number of aromatic amines is 5. The van der Waals surface area contributed by atoms with Crippen LogP contribution in [0.1, 0.15) is 59.7 Å². The van der Waals surface area contributed by atoms with Crippen molar-refractivity contribution in [2.75, 3.05) is 50.8 Å². The standard InChI is InChI=1S/C20H20N4O.C19H23N5O2.C19H18N4O3S.C15H18N4O.C13H13N3O2/c1-14-18-19(23-22-14)16-9-5-6-10-17(16)24(20(18)25)12-11-21-13-15-7-3-2-4-8-15;1-12-16-17(23-22-12)14-8-4-5-9-15(14)24(18(16)25)11-10-20-19(26)21-13-6-2-3-7-13;1-13-17-18(21-20-13)15-9-5-6-10-16(15)23(19(17)24)11-12-27(25,26)22-14-7-3-2-4-8-14;1-10-13-14(17-16-10)11-6-4-5-7-12(11)19(15(13)20)9-8-18(2)3;1-8-11-12(15-14-8)9-4-2-3-5-10(9)16(6-7-17)13(11)18/h2-10,21H,11-13H2,1H3,(H,22,23);4-5,8-9,13H,2-3,6-7,10-11H2,1H3,(H,22,23)(H2,20,21,26);2-10,22H,11-12H2,1H3,(H,20,21);4-7H,8-9H2,1-3H3,(H,16,17);2-5,17H,6-7H2,1H3,(H,14,15). The minimum absolute atomic E-state index is 0.0152. The molecule has 0 aliphatic heterocycles. The molecule has 18 rings (SSSR count). The second-order valence-electron chi connectivity index (χ2n) is 29.1. The SMILES string of the molecule is Cc1[nH]nc2c1c(=O)n(CCN(C)C)c1ccccc21.Cc1[nH]nc2c1c(=O)n(CCNC(=O)NC1CCCC1)c1ccccc21.Cc1[nH]nc2c1c(=O)n(CCNCc1ccccc1)c1ccccc21.Cc1[nH]nc2c1c(=O)n(CCO)c1ccccc21.Cc1[nH]nc2c1c(=O)n(CCS(=O)(=O)Nc1ccccc1)c1ccccc21. The third kappa shape index (κ3) is 16.6. The summed E-state index contributed by atoms with van der Waals surface area (Å²) in [5.41, 5.74) is 12.9. The summed E-state index contributed by atoms with van der Waals surface area (Å²) in [7, 11) is 0.416. The number of aliphatic hydroxyl groups excluding tert-OH is 1. The fraction of sp³-hybridized carbons (Fsp3) is 0.267. The lowest BCUT2D eigenvalue weighted by Gasteiger charge is -2.14. The number of anilines is 1. The third-order valence-corrected chi connectivity index (χ3v) is 22.3. The average Bonchev–Trinajstić information content (AvgIpc) is 1.61. The number of carbonyl (C=O) groups is 1. The number of aryl methyl sites for hydroxylation is 6. The van der Waals surface area contributed by atoms with Crippen LogP contribution in [0.5, 0.6) is 0 Å². The summed E-state index contributed by atoms with van der Waals surface area (Å²) in [6.07, 6.45) is 4.45. The number of para-hydroxylation sites is 6. The first-order chi connectivity index (χ1) is 56.2. The largest absolute Gasteiger partial charge is 0.395 e. The highest BCUT2D eigenvalue weighted by molar-refractivity contribution is 7.92. The summed E-state index contributed by atoms with van der Waals surface area (Å²) in [5, 5.41) is 62.0. The van der Waals surface area contributed by atoms with Gasteiger partial charge >= 0.3 is 6.03 Å². The number of urea groups is 1. The van der Waals surface area contributed by atoms with E-state index >= 15 is 0 Å². The molecule has 0 saturated heterocycles. The number of rotatable bonds is 19. The summed E-state index contributed by atoms with van der Waals surface area (Å²) >= 11 is 0. The zero-order valence-electron chi connectivity index (χ0n) is 65.5. The maximum absolute atomic E-state index is 13.0. The fourth-order valence-corrected chi connectivity index (χ4v) is 16.3. The molecule has 0 unspecified atom stereocenters. The molecule has 1 saturated carbocycles. The number of likely N-dealkylation sites (N-methyl/N-ethyl adjacent to an activating group) is 1. The number of hydrogen-bond acceptors (Lipinski definition) is 16. The van der Waals surface area contributed by atoms with Crippen LogP contribution in [0.4, 0.5) is 10.5 Å². The molecular weight excluding hydrogens is 1490 g/mol. The van der Waals surface area contributed by atoms with Crippen LogP contribution < -0.4 is 48.5 Å². The number of aliphatic hydroxyl groups is 1. The van der Waals surface area contributed by atoms with E-state index in [2.05, 4.69) is 88.7 Å². The van der Waals surface area contributed by atoms with Crippen LogP contribution in [0.15, 0.2) is 206 Å². The van der Waals surface area contributed by atoms with Gasteiger partial charge < -0.3 is 48.8 Å². The van der Waals surface area contributed by atoms with Gasteiger partial charge in [-0.15, -0.1) is 0 Å². The zero-order valence-corrected chi connectivity index (χ0v) is 66.4. The zero-order chi connectivity index (χ0) is 81.3. The number of fused-ring (bicyclic) bond motifs is 15. The predicted octanol–water partition coefficient (Wildman–Crippen LogP) is 11.0. The van der Waals surface area contributed by atoms with Crippen LogP contribution in [0, 0.1) is 34.6 Å². The average molecular weight is 1580 g/mol. The first kappa shape index (κ1) is 79.5. The highest BCUT2D eigenvalue weighted by atomic mass is 32.2. The van der Waals surface area contributed by atoms with E-state index in [1.807, 2.05) is 190 Å². The molecular formula is C86H92N20O9S. The van der Waals surface area contributed by atoms with E-state index in [0.717, 1.165) is 115 Å².